The van der Waals surface area contributed by atoms with Gasteiger partial charge >= 0.3 is 0 Å². The van der Waals surface area contributed by atoms with E-state index in [1.165, 1.54) is 12.1 Å². The van der Waals surface area contributed by atoms with Crippen molar-refractivity contribution in [1.29, 1.82) is 5.26 Å². The Labute approximate surface area is 171 Å². The molecule has 0 aliphatic carbocycles. The van der Waals surface area contributed by atoms with Crippen molar-refractivity contribution in [1.82, 2.24) is 15.1 Å². The zero-order valence-corrected chi connectivity index (χ0v) is 17.3. The highest BCUT2D eigenvalue weighted by molar-refractivity contribution is 14.0. The first-order valence-corrected chi connectivity index (χ1v) is 8.82. The van der Waals surface area contributed by atoms with Crippen LogP contribution < -0.4 is 5.32 Å². The Morgan fingerprint density at radius 3 is 2.85 bits per heavy atom. The zero-order valence-electron chi connectivity index (χ0n) is 15.0. The molecule has 1 N–H and O–H groups in total. The second-order valence-electron chi connectivity index (χ2n) is 6.40. The number of aliphatic imine (C=N–C) groups is 1. The van der Waals surface area contributed by atoms with E-state index >= 15 is 0 Å². The van der Waals surface area contributed by atoms with Crippen molar-refractivity contribution < 1.29 is 4.39 Å². The maximum Gasteiger partial charge on any atom is 0.194 e. The molecule has 0 spiro atoms. The molecule has 0 radical (unpaired) electrons. The maximum absolute atomic E-state index is 14.0. The van der Waals surface area contributed by atoms with Crippen LogP contribution in [0.5, 0.6) is 0 Å². The molecule has 7 heteroatoms. The minimum absolute atomic E-state index is 0. The molecule has 0 bridgehead atoms. The van der Waals surface area contributed by atoms with E-state index < -0.39 is 0 Å². The molecule has 1 atom stereocenters. The van der Waals surface area contributed by atoms with Gasteiger partial charge in [-0.3, -0.25) is 4.90 Å². The number of hydrogen-bond acceptors (Lipinski definition) is 3. The Hall–Kier alpha value is -1.66. The fraction of sp³-hybridized carbons (Fsp3) is 0.474. The van der Waals surface area contributed by atoms with Crippen molar-refractivity contribution in [3.63, 3.8) is 0 Å². The second kappa shape index (κ2) is 9.88. The molecule has 0 amide bonds. The molecule has 140 valence electrons. The number of rotatable bonds is 4. The summed E-state index contributed by atoms with van der Waals surface area (Å²) in [7, 11) is 0. The third kappa shape index (κ3) is 4.95. The number of hydrogen-bond donors (Lipinski definition) is 1. The lowest BCUT2D eigenvalue weighted by Gasteiger charge is -2.25. The van der Waals surface area contributed by atoms with E-state index in [2.05, 4.69) is 32.3 Å². The van der Waals surface area contributed by atoms with Gasteiger partial charge in [-0.05, 0) is 31.5 Å². The second-order valence-corrected chi connectivity index (χ2v) is 6.40. The zero-order chi connectivity index (χ0) is 17.6. The molecule has 0 aromatic heterocycles. The molecular formula is C19H25FIN5. The van der Waals surface area contributed by atoms with E-state index in [1.54, 1.807) is 6.07 Å². The molecular weight excluding hydrogens is 444 g/mol. The SMILES string of the molecule is CCNC(=NCc1cc(C#N)ccc1F)N1CCC(N2CC=CC2)C1.I. The number of nitrogens with zero attached hydrogens (tertiary/aromatic N) is 4. The maximum atomic E-state index is 14.0. The van der Waals surface area contributed by atoms with Crippen LogP contribution in [0.4, 0.5) is 4.39 Å². The van der Waals surface area contributed by atoms with E-state index in [0.29, 0.717) is 17.2 Å². The predicted molar refractivity (Wildman–Crippen MR) is 112 cm³/mol. The van der Waals surface area contributed by atoms with E-state index in [0.717, 1.165) is 45.1 Å². The Morgan fingerprint density at radius 1 is 1.38 bits per heavy atom. The van der Waals surface area contributed by atoms with Gasteiger partial charge in [-0.15, -0.1) is 24.0 Å². The van der Waals surface area contributed by atoms with Crippen molar-refractivity contribution in [3.8, 4) is 6.07 Å². The van der Waals surface area contributed by atoms with Crippen molar-refractivity contribution >= 4 is 29.9 Å². The summed E-state index contributed by atoms with van der Waals surface area (Å²) < 4.78 is 14.0. The van der Waals surface area contributed by atoms with E-state index in [-0.39, 0.29) is 36.3 Å². The summed E-state index contributed by atoms with van der Waals surface area (Å²) in [6.07, 6.45) is 5.55. The first-order valence-electron chi connectivity index (χ1n) is 8.82. The molecule has 1 aromatic rings. The summed E-state index contributed by atoms with van der Waals surface area (Å²) in [5.41, 5.74) is 0.910. The Morgan fingerprint density at radius 2 is 2.15 bits per heavy atom. The van der Waals surface area contributed by atoms with Gasteiger partial charge in [0.05, 0.1) is 18.2 Å². The van der Waals surface area contributed by atoms with Gasteiger partial charge in [0.2, 0.25) is 0 Å². The summed E-state index contributed by atoms with van der Waals surface area (Å²) in [5.74, 6) is 0.500. The van der Waals surface area contributed by atoms with Crippen LogP contribution in [0.3, 0.4) is 0 Å². The minimum Gasteiger partial charge on any atom is -0.357 e. The normalized spacial score (nSPS) is 20.1. The summed E-state index contributed by atoms with van der Waals surface area (Å²) in [6.45, 7) is 6.98. The molecule has 1 fully saturated rings. The third-order valence-electron chi connectivity index (χ3n) is 4.73. The van der Waals surface area contributed by atoms with Gasteiger partial charge in [-0.2, -0.15) is 5.26 Å². The van der Waals surface area contributed by atoms with Crippen LogP contribution in [-0.4, -0.2) is 54.5 Å². The molecule has 2 aliphatic rings. The van der Waals surface area contributed by atoms with Crippen LogP contribution in [0, 0.1) is 17.1 Å². The minimum atomic E-state index is -0.318. The Bertz CT molecular complexity index is 704. The number of guanidine groups is 1. The molecule has 0 saturated carbocycles. The molecule has 2 heterocycles. The molecule has 1 saturated heterocycles. The van der Waals surface area contributed by atoms with Gasteiger partial charge in [0, 0.05) is 44.3 Å². The van der Waals surface area contributed by atoms with Crippen molar-refractivity contribution in [2.24, 2.45) is 4.99 Å². The molecule has 1 unspecified atom stereocenters. The van der Waals surface area contributed by atoms with Gasteiger partial charge in [-0.25, -0.2) is 9.38 Å². The summed E-state index contributed by atoms with van der Waals surface area (Å²) in [6, 6.07) is 6.99. The Balaban J connectivity index is 0.00000243. The van der Waals surface area contributed by atoms with Gasteiger partial charge in [0.25, 0.3) is 0 Å². The van der Waals surface area contributed by atoms with Gasteiger partial charge in [0.1, 0.15) is 5.82 Å². The van der Waals surface area contributed by atoms with E-state index in [4.69, 9.17) is 5.26 Å². The Kier molecular flexibility index (Phi) is 7.85. The fourth-order valence-electron chi connectivity index (χ4n) is 3.38. The van der Waals surface area contributed by atoms with Crippen LogP contribution in [0.25, 0.3) is 0 Å². The lowest BCUT2D eigenvalue weighted by Crippen LogP contribution is -2.42. The topological polar surface area (TPSA) is 54.7 Å². The monoisotopic (exact) mass is 469 g/mol. The molecule has 3 rings (SSSR count). The summed E-state index contributed by atoms with van der Waals surface area (Å²) >= 11 is 0. The fourth-order valence-corrected chi connectivity index (χ4v) is 3.38. The third-order valence-corrected chi connectivity index (χ3v) is 4.73. The van der Waals surface area contributed by atoms with Crippen LogP contribution in [0.1, 0.15) is 24.5 Å². The largest absolute Gasteiger partial charge is 0.357 e. The standard InChI is InChI=1S/C19H24FN5.HI/c1-2-22-19(23-13-16-11-15(12-21)5-6-18(16)20)25-10-7-17(14-25)24-8-3-4-9-24;/h3-6,11,17H,2,7-10,13-14H2,1H3,(H,22,23);1H. The quantitative estimate of drug-likeness (QED) is 0.319. The summed E-state index contributed by atoms with van der Waals surface area (Å²) in [5, 5.41) is 12.3. The molecule has 26 heavy (non-hydrogen) atoms. The van der Waals surface area contributed by atoms with Gasteiger partial charge in [-0.1, -0.05) is 12.2 Å². The smallest absolute Gasteiger partial charge is 0.194 e. The molecule has 5 nitrogen and oxygen atoms in total. The lowest BCUT2D eigenvalue weighted by atomic mass is 10.1. The van der Waals surface area contributed by atoms with E-state index in [1.807, 2.05) is 13.0 Å². The van der Waals surface area contributed by atoms with Crippen molar-refractivity contribution in [2.45, 2.75) is 25.9 Å². The van der Waals surface area contributed by atoms with Crippen LogP contribution in [0.2, 0.25) is 0 Å². The van der Waals surface area contributed by atoms with Crippen LogP contribution in [-0.2, 0) is 6.54 Å². The number of nitrogens with one attached hydrogen (secondary N) is 1. The van der Waals surface area contributed by atoms with Gasteiger partial charge in [0.15, 0.2) is 5.96 Å². The lowest BCUT2D eigenvalue weighted by molar-refractivity contribution is 0.259. The van der Waals surface area contributed by atoms with E-state index in [9.17, 15) is 4.39 Å². The predicted octanol–water partition coefficient (Wildman–Crippen LogP) is 2.73. The average Bonchev–Trinajstić information content (AvgIpc) is 3.31. The van der Waals surface area contributed by atoms with Crippen molar-refractivity contribution in [3.05, 3.63) is 47.3 Å². The number of halogens is 2. The highest BCUT2D eigenvalue weighted by atomic mass is 127. The highest BCUT2D eigenvalue weighted by Crippen LogP contribution is 2.18. The first-order chi connectivity index (χ1) is 12.2. The molecule has 1 aromatic carbocycles. The number of benzene rings is 1. The van der Waals surface area contributed by atoms with Gasteiger partial charge < -0.3 is 10.2 Å². The van der Waals surface area contributed by atoms with Crippen LogP contribution in [0.15, 0.2) is 35.3 Å². The number of likely N-dealkylation sites (tertiary alicyclic amines) is 1. The average molecular weight is 469 g/mol. The highest BCUT2D eigenvalue weighted by Gasteiger charge is 2.29. The van der Waals surface area contributed by atoms with Crippen molar-refractivity contribution in [2.75, 3.05) is 32.7 Å². The number of nitriles is 1. The van der Waals surface area contributed by atoms with Crippen LogP contribution >= 0.6 is 24.0 Å². The molecule has 2 aliphatic heterocycles. The first kappa shape index (κ1) is 20.6. The summed E-state index contributed by atoms with van der Waals surface area (Å²) in [4.78, 5) is 9.33.